The third kappa shape index (κ3) is 5.44. The number of aliphatic carboxylic acids is 1. The molecule has 6 rings (SSSR count). The second-order valence-electron chi connectivity index (χ2n) is 11.5. The Hall–Kier alpha value is -3.66. The van der Waals surface area contributed by atoms with Crippen LogP contribution < -0.4 is 14.2 Å². The molecule has 1 N–H and O–H groups in total. The Morgan fingerprint density at radius 3 is 2.36 bits per heavy atom. The molecule has 0 radical (unpaired) electrons. The van der Waals surface area contributed by atoms with Crippen molar-refractivity contribution in [3.8, 4) is 28.4 Å². The zero-order valence-corrected chi connectivity index (χ0v) is 24.2. The van der Waals surface area contributed by atoms with E-state index in [1.54, 1.807) is 18.2 Å². The molecule has 42 heavy (non-hydrogen) atoms. The number of benzene rings is 3. The molecule has 1 unspecified atom stereocenters. The van der Waals surface area contributed by atoms with Gasteiger partial charge in [-0.3, -0.25) is 4.79 Å². The van der Waals surface area contributed by atoms with Crippen molar-refractivity contribution in [2.75, 3.05) is 18.1 Å². The summed E-state index contributed by atoms with van der Waals surface area (Å²) >= 11 is 0. The van der Waals surface area contributed by atoms with E-state index in [0.717, 1.165) is 22.8 Å². The van der Waals surface area contributed by atoms with Crippen LogP contribution in [-0.4, -0.2) is 43.7 Å². The third-order valence-electron chi connectivity index (χ3n) is 8.48. The van der Waals surface area contributed by atoms with Gasteiger partial charge >= 0.3 is 5.97 Å². The largest absolute Gasteiger partial charge is 0.492 e. The van der Waals surface area contributed by atoms with Gasteiger partial charge in [0.2, 0.25) is 0 Å². The van der Waals surface area contributed by atoms with Gasteiger partial charge in [0.25, 0.3) is 0 Å². The van der Waals surface area contributed by atoms with Gasteiger partial charge < -0.3 is 19.3 Å². The van der Waals surface area contributed by atoms with Crippen LogP contribution in [0.1, 0.15) is 65.5 Å². The minimum absolute atomic E-state index is 0.0282. The Balaban J connectivity index is 1.27. The molecule has 222 valence electrons. The molecule has 0 saturated carbocycles. The molecule has 3 aromatic carbocycles. The van der Waals surface area contributed by atoms with E-state index in [9.17, 15) is 13.2 Å². The molecule has 0 spiro atoms. The number of fused-ring (bicyclic) bond motifs is 2. The molecule has 1 aliphatic carbocycles. The smallest absolute Gasteiger partial charge is 0.304 e. The first-order valence-corrected chi connectivity index (χ1v) is 16.0. The summed E-state index contributed by atoms with van der Waals surface area (Å²) in [6.45, 7) is 4.00. The summed E-state index contributed by atoms with van der Waals surface area (Å²) in [6, 6.07) is 9.79. The minimum atomic E-state index is -3.00. The summed E-state index contributed by atoms with van der Waals surface area (Å²) in [6.07, 6.45) is 0.909. The Morgan fingerprint density at radius 2 is 1.67 bits per heavy atom. The van der Waals surface area contributed by atoms with E-state index < -0.39 is 33.5 Å². The van der Waals surface area contributed by atoms with Gasteiger partial charge in [0.15, 0.2) is 9.84 Å². The average molecular weight is 599 g/mol. The molecule has 7 nitrogen and oxygen atoms in total. The standard InChI is InChI=1S/C32H32F2O7S/c1-17-11-22(40-20-7-9-42(37,38)10-8-20)12-18(2)30(17)32-24-5-6-27(31(24)25(33)15-26(32)34)41-21-3-4-23-19(13-29(35)36)16-39-28(23)14-21/h3-4,11-12,14-15,19-20,27H,5-10,13,16H2,1-2H3,(H,35,36)/t19?,27-/m1/s1. The normalized spacial score (nSPS) is 21.0. The number of carbonyl (C=O) groups is 1. The fraction of sp³-hybridized carbons (Fsp3) is 0.406. The van der Waals surface area contributed by atoms with Crippen molar-refractivity contribution in [1.29, 1.82) is 0 Å². The molecule has 0 aromatic heterocycles. The molecular formula is C32H32F2O7S. The fourth-order valence-electron chi connectivity index (χ4n) is 6.54. The fourth-order valence-corrected chi connectivity index (χ4v) is 7.99. The maximum Gasteiger partial charge on any atom is 0.304 e. The average Bonchev–Trinajstić information content (AvgIpc) is 3.50. The number of carboxylic acid groups (broad SMARTS) is 1. The predicted octanol–water partition coefficient (Wildman–Crippen LogP) is 6.22. The van der Waals surface area contributed by atoms with E-state index in [-0.39, 0.29) is 36.6 Å². The summed E-state index contributed by atoms with van der Waals surface area (Å²) in [5, 5.41) is 9.15. The maximum atomic E-state index is 15.5. The number of ether oxygens (including phenoxy) is 3. The molecule has 1 saturated heterocycles. The highest BCUT2D eigenvalue weighted by atomic mass is 32.2. The van der Waals surface area contributed by atoms with E-state index in [1.165, 1.54) is 0 Å². The zero-order chi connectivity index (χ0) is 29.8. The lowest BCUT2D eigenvalue weighted by Gasteiger charge is -2.24. The summed E-state index contributed by atoms with van der Waals surface area (Å²) in [5.41, 5.74) is 4.30. The van der Waals surface area contributed by atoms with Crippen LogP contribution in [0, 0.1) is 25.5 Å². The van der Waals surface area contributed by atoms with Gasteiger partial charge in [-0.2, -0.15) is 0 Å². The van der Waals surface area contributed by atoms with Gasteiger partial charge in [0.05, 0.1) is 24.5 Å². The molecule has 2 aliphatic heterocycles. The quantitative estimate of drug-likeness (QED) is 0.345. The first-order chi connectivity index (χ1) is 20.0. The molecule has 3 aliphatic rings. The van der Waals surface area contributed by atoms with Gasteiger partial charge in [-0.1, -0.05) is 6.07 Å². The van der Waals surface area contributed by atoms with E-state index in [1.807, 2.05) is 26.0 Å². The summed E-state index contributed by atoms with van der Waals surface area (Å²) in [7, 11) is -3.00. The molecule has 2 heterocycles. The molecular weight excluding hydrogens is 566 g/mol. The highest BCUT2D eigenvalue weighted by molar-refractivity contribution is 7.91. The lowest BCUT2D eigenvalue weighted by Crippen LogP contribution is -2.30. The predicted molar refractivity (Wildman–Crippen MR) is 152 cm³/mol. The maximum absolute atomic E-state index is 15.5. The van der Waals surface area contributed by atoms with Crippen LogP contribution in [-0.2, 0) is 21.1 Å². The molecule has 10 heteroatoms. The number of hydrogen-bond donors (Lipinski definition) is 1. The Morgan fingerprint density at radius 1 is 0.952 bits per heavy atom. The second kappa shape index (κ2) is 10.9. The van der Waals surface area contributed by atoms with Crippen LogP contribution in [0.2, 0.25) is 0 Å². The number of aryl methyl sites for hydroxylation is 2. The van der Waals surface area contributed by atoms with Crippen molar-refractivity contribution in [2.24, 2.45) is 0 Å². The van der Waals surface area contributed by atoms with Crippen LogP contribution in [0.3, 0.4) is 0 Å². The highest BCUT2D eigenvalue weighted by Gasteiger charge is 2.34. The topological polar surface area (TPSA) is 99.1 Å². The summed E-state index contributed by atoms with van der Waals surface area (Å²) in [5.74, 6) is -0.590. The molecule has 2 atom stereocenters. The van der Waals surface area contributed by atoms with Crippen LogP contribution in [0.5, 0.6) is 17.2 Å². The van der Waals surface area contributed by atoms with Crippen molar-refractivity contribution >= 4 is 15.8 Å². The molecule has 0 amide bonds. The minimum Gasteiger partial charge on any atom is -0.492 e. The molecule has 3 aromatic rings. The van der Waals surface area contributed by atoms with E-state index in [4.69, 9.17) is 19.3 Å². The van der Waals surface area contributed by atoms with Crippen LogP contribution in [0.4, 0.5) is 8.78 Å². The number of rotatable bonds is 7. The Bertz CT molecular complexity index is 1650. The number of sulfone groups is 1. The van der Waals surface area contributed by atoms with Gasteiger partial charge in [-0.05, 0) is 80.0 Å². The first-order valence-electron chi connectivity index (χ1n) is 14.1. The van der Waals surface area contributed by atoms with E-state index in [2.05, 4.69) is 0 Å². The van der Waals surface area contributed by atoms with Gasteiger partial charge in [0.1, 0.15) is 41.1 Å². The van der Waals surface area contributed by atoms with Crippen LogP contribution in [0.15, 0.2) is 36.4 Å². The van der Waals surface area contributed by atoms with Crippen molar-refractivity contribution in [2.45, 2.75) is 64.1 Å². The lowest BCUT2D eigenvalue weighted by atomic mass is 9.89. The van der Waals surface area contributed by atoms with Crippen LogP contribution in [0.25, 0.3) is 11.1 Å². The monoisotopic (exact) mass is 598 g/mol. The SMILES string of the molecule is Cc1cc(OC2CCS(=O)(=O)CC2)cc(C)c1-c1c(F)cc(F)c2c1CC[C@H]2Oc1ccc2c(c1)OCC2CC(=O)O. The van der Waals surface area contributed by atoms with Gasteiger partial charge in [-0.25, -0.2) is 17.2 Å². The van der Waals surface area contributed by atoms with E-state index >= 15 is 8.78 Å². The number of hydrogen-bond acceptors (Lipinski definition) is 6. The molecule has 1 fully saturated rings. The van der Waals surface area contributed by atoms with Crippen molar-refractivity contribution in [3.63, 3.8) is 0 Å². The summed E-state index contributed by atoms with van der Waals surface area (Å²) in [4.78, 5) is 11.2. The first kappa shape index (κ1) is 28.5. The second-order valence-corrected chi connectivity index (χ2v) is 13.8. The third-order valence-corrected chi connectivity index (χ3v) is 10.2. The van der Waals surface area contributed by atoms with Gasteiger partial charge in [-0.15, -0.1) is 0 Å². The summed E-state index contributed by atoms with van der Waals surface area (Å²) < 4.78 is 72.4. The van der Waals surface area contributed by atoms with Gasteiger partial charge in [0, 0.05) is 34.7 Å². The molecule has 0 bridgehead atoms. The Kier molecular flexibility index (Phi) is 7.37. The number of carboxylic acids is 1. The highest BCUT2D eigenvalue weighted by Crippen LogP contribution is 2.46. The van der Waals surface area contributed by atoms with E-state index in [0.29, 0.717) is 65.2 Å². The lowest BCUT2D eigenvalue weighted by molar-refractivity contribution is -0.137. The zero-order valence-electron chi connectivity index (χ0n) is 23.4. The van der Waals surface area contributed by atoms with Crippen molar-refractivity contribution < 1.29 is 41.3 Å². The number of halogens is 2. The Labute approximate surface area is 243 Å². The van der Waals surface area contributed by atoms with Crippen molar-refractivity contribution in [3.05, 3.63) is 75.8 Å². The van der Waals surface area contributed by atoms with Crippen molar-refractivity contribution in [1.82, 2.24) is 0 Å². The van der Waals surface area contributed by atoms with Crippen LogP contribution >= 0.6 is 0 Å².